The van der Waals surface area contributed by atoms with Gasteiger partial charge in [-0.1, -0.05) is 145 Å². The summed E-state index contributed by atoms with van der Waals surface area (Å²) in [7, 11) is 0. The van der Waals surface area contributed by atoms with Crippen molar-refractivity contribution < 1.29 is 8.22 Å². The second-order valence-corrected chi connectivity index (χ2v) is 12.4. The van der Waals surface area contributed by atoms with Gasteiger partial charge >= 0.3 is 0 Å². The zero-order chi connectivity index (χ0) is 38.9. The minimum Gasteiger partial charge on any atom is -0.309 e. The van der Waals surface area contributed by atoms with Gasteiger partial charge in [-0.05, 0) is 69.0 Å². The topological polar surface area (TPSA) is 43.6 Å². The van der Waals surface area contributed by atoms with E-state index in [1.54, 1.807) is 4.57 Å². The van der Waals surface area contributed by atoms with E-state index in [0.717, 1.165) is 43.8 Å². The molecule has 0 bridgehead atoms. The van der Waals surface area contributed by atoms with E-state index < -0.39 is 0 Å². The molecule has 0 amide bonds. The van der Waals surface area contributed by atoms with Crippen molar-refractivity contribution in [3.05, 3.63) is 182 Å². The van der Waals surface area contributed by atoms with Gasteiger partial charge in [-0.3, -0.25) is 0 Å². The molecular weight excluding hydrogens is 621 g/mol. The molecule has 4 heteroatoms. The summed E-state index contributed by atoms with van der Waals surface area (Å²) in [6, 6.07) is 46.0. The molecule has 0 unspecified atom stereocenters. The Hall–Kier alpha value is -6.91. The lowest BCUT2D eigenvalue weighted by molar-refractivity contribution is 1.07. The van der Waals surface area contributed by atoms with Gasteiger partial charge in [0.2, 0.25) is 0 Å². The minimum absolute atomic E-state index is 0.0338. The lowest BCUT2D eigenvalue weighted by Crippen LogP contribution is -2.02. The maximum atomic E-state index is 9.17. The first-order chi connectivity index (χ1) is 27.7. The Morgan fingerprint density at radius 2 is 0.902 bits per heavy atom. The van der Waals surface area contributed by atoms with Crippen molar-refractivity contribution in [2.45, 2.75) is 0 Å². The standard InChI is InChI=1S/C47H30N4/c1-3-15-31(16-4-1)45-48-46(32-17-5-2-6-18-32)50-47(49-45)35-27-34(42-30-33-19-7-8-20-37(33)38-21-9-10-22-39(38)42)28-36(29-35)51-43-25-13-11-23-40(43)41-24-12-14-26-44(41)51/h1-30H/i11D,12D,23D,24D,25D,26D. The van der Waals surface area contributed by atoms with Crippen molar-refractivity contribution in [3.63, 3.8) is 0 Å². The highest BCUT2D eigenvalue weighted by Crippen LogP contribution is 2.40. The first kappa shape index (κ1) is 23.4. The lowest BCUT2D eigenvalue weighted by atomic mass is 9.92. The number of para-hydroxylation sites is 2. The molecule has 0 atom stereocenters. The zero-order valence-corrected chi connectivity index (χ0v) is 27.1. The van der Waals surface area contributed by atoms with Crippen molar-refractivity contribution in [1.82, 2.24) is 19.5 Å². The molecule has 2 heterocycles. The maximum absolute atomic E-state index is 9.17. The highest BCUT2D eigenvalue weighted by Gasteiger charge is 2.18. The van der Waals surface area contributed by atoms with E-state index in [0.29, 0.717) is 28.7 Å². The molecule has 2 aromatic heterocycles. The van der Waals surface area contributed by atoms with Crippen LogP contribution in [0.1, 0.15) is 8.22 Å². The smallest absolute Gasteiger partial charge is 0.164 e. The summed E-state index contributed by atoms with van der Waals surface area (Å²) >= 11 is 0. The molecule has 0 saturated carbocycles. The minimum atomic E-state index is -0.169. The van der Waals surface area contributed by atoms with E-state index in [-0.39, 0.29) is 58.1 Å². The third-order valence-corrected chi connectivity index (χ3v) is 9.34. The number of benzene rings is 8. The van der Waals surface area contributed by atoms with Crippen LogP contribution in [0.3, 0.4) is 0 Å². The molecule has 0 aliphatic rings. The van der Waals surface area contributed by atoms with Crippen molar-refractivity contribution in [1.29, 1.82) is 0 Å². The summed E-state index contributed by atoms with van der Waals surface area (Å²) < 4.78 is 55.1. The Balaban J connectivity index is 1.36. The molecule has 51 heavy (non-hydrogen) atoms. The number of hydrogen-bond donors (Lipinski definition) is 0. The van der Waals surface area contributed by atoms with Gasteiger partial charge < -0.3 is 4.57 Å². The molecule has 0 aliphatic carbocycles. The summed E-state index contributed by atoms with van der Waals surface area (Å²) in [5.74, 6) is 1.38. The van der Waals surface area contributed by atoms with Crippen LogP contribution in [-0.4, -0.2) is 19.5 Å². The number of hydrogen-bond acceptors (Lipinski definition) is 3. The molecule has 0 aliphatic heterocycles. The van der Waals surface area contributed by atoms with Crippen molar-refractivity contribution >= 4 is 43.4 Å². The predicted molar refractivity (Wildman–Crippen MR) is 211 cm³/mol. The van der Waals surface area contributed by atoms with Gasteiger partial charge in [0.25, 0.3) is 0 Å². The van der Waals surface area contributed by atoms with Crippen molar-refractivity contribution in [3.8, 4) is 51.0 Å². The SMILES string of the molecule is [2H]c1cc([2H])c2c(c1[2H])c1c([2H])c([2H])cc([2H])c1n2-c1cc(-c2nc(-c3ccccc3)nc(-c3ccccc3)n2)cc(-c2cc3ccccc3c3ccccc23)c1. The Kier molecular flexibility index (Phi) is 5.47. The molecule has 10 rings (SSSR count). The van der Waals surface area contributed by atoms with Crippen LogP contribution in [-0.2, 0) is 0 Å². The Labute approximate surface area is 303 Å². The average molecular weight is 657 g/mol. The predicted octanol–water partition coefficient (Wildman–Crippen LogP) is 11.9. The molecule has 238 valence electrons. The number of nitrogens with zero attached hydrogens (tertiary/aromatic N) is 4. The van der Waals surface area contributed by atoms with Crippen LogP contribution < -0.4 is 0 Å². The molecule has 0 spiro atoms. The first-order valence-electron chi connectivity index (χ1n) is 19.7. The molecule has 0 N–H and O–H groups in total. The molecule has 8 aromatic carbocycles. The second-order valence-electron chi connectivity index (χ2n) is 12.4. The summed E-state index contributed by atoms with van der Waals surface area (Å²) in [6.45, 7) is 0. The van der Waals surface area contributed by atoms with Crippen LogP contribution in [0, 0.1) is 0 Å². The van der Waals surface area contributed by atoms with Crippen LogP contribution in [0.2, 0.25) is 0 Å². The Bertz CT molecular complexity index is 3130. The summed E-state index contributed by atoms with van der Waals surface area (Å²) in [6.07, 6.45) is 0. The fraction of sp³-hybridized carbons (Fsp3) is 0. The van der Waals surface area contributed by atoms with Crippen LogP contribution >= 0.6 is 0 Å². The molecular formula is C47H30N4. The van der Waals surface area contributed by atoms with Gasteiger partial charge in [-0.2, -0.15) is 0 Å². The van der Waals surface area contributed by atoms with E-state index in [1.807, 2.05) is 103 Å². The quantitative estimate of drug-likeness (QED) is 0.173. The Morgan fingerprint density at radius 3 is 1.53 bits per heavy atom. The van der Waals surface area contributed by atoms with Gasteiger partial charge in [0.15, 0.2) is 17.5 Å². The molecule has 0 saturated heterocycles. The fourth-order valence-corrected chi connectivity index (χ4v) is 7.03. The third-order valence-electron chi connectivity index (χ3n) is 9.34. The second kappa shape index (κ2) is 11.9. The van der Waals surface area contributed by atoms with E-state index in [2.05, 4.69) is 30.3 Å². The van der Waals surface area contributed by atoms with Crippen LogP contribution in [0.25, 0.3) is 94.3 Å². The van der Waals surface area contributed by atoms with Gasteiger partial charge in [-0.25, -0.2) is 15.0 Å². The van der Waals surface area contributed by atoms with Crippen LogP contribution in [0.5, 0.6) is 0 Å². The van der Waals surface area contributed by atoms with Crippen LogP contribution in [0.4, 0.5) is 0 Å². The highest BCUT2D eigenvalue weighted by atomic mass is 15.0. The van der Waals surface area contributed by atoms with E-state index in [4.69, 9.17) is 20.4 Å². The van der Waals surface area contributed by atoms with E-state index >= 15 is 0 Å². The van der Waals surface area contributed by atoms with E-state index in [9.17, 15) is 2.74 Å². The van der Waals surface area contributed by atoms with Crippen molar-refractivity contribution in [2.75, 3.05) is 0 Å². The summed E-state index contributed by atoms with van der Waals surface area (Å²) in [5.41, 5.74) is 5.11. The van der Waals surface area contributed by atoms with Crippen molar-refractivity contribution in [2.24, 2.45) is 0 Å². The summed E-state index contributed by atoms with van der Waals surface area (Å²) in [5, 5.41) is 4.66. The van der Waals surface area contributed by atoms with Gasteiger partial charge in [-0.15, -0.1) is 0 Å². The van der Waals surface area contributed by atoms with Gasteiger partial charge in [0.05, 0.1) is 19.3 Å². The highest BCUT2D eigenvalue weighted by molar-refractivity contribution is 6.14. The number of rotatable bonds is 5. The normalized spacial score (nSPS) is 13.2. The number of aromatic nitrogens is 4. The zero-order valence-electron chi connectivity index (χ0n) is 33.1. The van der Waals surface area contributed by atoms with Gasteiger partial charge in [0.1, 0.15) is 0 Å². The Morgan fingerprint density at radius 1 is 0.392 bits per heavy atom. The molecule has 10 aromatic rings. The van der Waals surface area contributed by atoms with E-state index in [1.165, 1.54) is 12.1 Å². The molecule has 0 fully saturated rings. The molecule has 0 radical (unpaired) electrons. The number of fused-ring (bicyclic) bond motifs is 6. The fourth-order valence-electron chi connectivity index (χ4n) is 7.03. The lowest BCUT2D eigenvalue weighted by Gasteiger charge is -2.16. The molecule has 4 nitrogen and oxygen atoms in total. The largest absolute Gasteiger partial charge is 0.309 e. The summed E-state index contributed by atoms with van der Waals surface area (Å²) in [4.78, 5) is 15.0. The monoisotopic (exact) mass is 656 g/mol. The average Bonchev–Trinajstić information content (AvgIpc) is 3.63. The first-order valence-corrected chi connectivity index (χ1v) is 16.7. The maximum Gasteiger partial charge on any atom is 0.164 e. The third kappa shape index (κ3) is 4.96. The van der Waals surface area contributed by atoms with Crippen LogP contribution in [0.15, 0.2) is 182 Å². The van der Waals surface area contributed by atoms with Gasteiger partial charge in [0, 0.05) is 33.2 Å².